The quantitative estimate of drug-likeness (QED) is 0.445. The van der Waals surface area contributed by atoms with E-state index < -0.39 is 4.92 Å². The number of benzene rings is 1. The van der Waals surface area contributed by atoms with Gasteiger partial charge in [0.2, 0.25) is 5.95 Å². The molecule has 9 nitrogen and oxygen atoms in total. The Balaban J connectivity index is 1.60. The lowest BCUT2D eigenvalue weighted by molar-refractivity contribution is -0.384. The minimum Gasteiger partial charge on any atom is -0.383 e. The summed E-state index contributed by atoms with van der Waals surface area (Å²) in [5.74, 6) is 0.396. The zero-order valence-electron chi connectivity index (χ0n) is 16.0. The molecule has 10 heteroatoms. The van der Waals surface area contributed by atoms with Gasteiger partial charge < -0.3 is 15.4 Å². The van der Waals surface area contributed by atoms with Crippen molar-refractivity contribution in [3.05, 3.63) is 51.8 Å². The van der Waals surface area contributed by atoms with Crippen LogP contribution >= 0.6 is 11.3 Å². The van der Waals surface area contributed by atoms with Gasteiger partial charge >= 0.3 is 0 Å². The number of aryl methyl sites for hydroxylation is 2. The fourth-order valence-corrected chi connectivity index (χ4v) is 4.34. The summed E-state index contributed by atoms with van der Waals surface area (Å²) in [6, 6.07) is 6.43. The molecule has 4 rings (SSSR count). The first kappa shape index (κ1) is 19.2. The van der Waals surface area contributed by atoms with Crippen LogP contribution in [0.4, 0.5) is 22.5 Å². The van der Waals surface area contributed by atoms with Crippen LogP contribution in [0.2, 0.25) is 0 Å². The zero-order chi connectivity index (χ0) is 20.4. The summed E-state index contributed by atoms with van der Waals surface area (Å²) in [4.78, 5) is 25.3. The Kier molecular flexibility index (Phi) is 5.36. The van der Waals surface area contributed by atoms with Crippen molar-refractivity contribution in [2.45, 2.75) is 25.8 Å². The molecule has 1 unspecified atom stereocenters. The number of fused-ring (bicyclic) bond motifs is 3. The number of nitrogens with zero attached hydrogens (tertiary/aromatic N) is 4. The molecule has 0 fully saturated rings. The Bertz CT molecular complexity index is 1050. The number of rotatable bonds is 7. The maximum absolute atomic E-state index is 11.0. The summed E-state index contributed by atoms with van der Waals surface area (Å²) < 4.78 is 5.17. The lowest BCUT2D eigenvalue weighted by Gasteiger charge is -2.14. The Morgan fingerprint density at radius 3 is 3.00 bits per heavy atom. The summed E-state index contributed by atoms with van der Waals surface area (Å²) in [7, 11) is 1.67. The van der Waals surface area contributed by atoms with Crippen LogP contribution in [-0.2, 0) is 17.6 Å². The molecule has 1 aliphatic carbocycles. The van der Waals surface area contributed by atoms with Crippen molar-refractivity contribution in [3.63, 3.8) is 0 Å². The molecule has 1 aliphatic rings. The molecule has 1 aromatic carbocycles. The fourth-order valence-electron chi connectivity index (χ4n) is 3.20. The van der Waals surface area contributed by atoms with Crippen LogP contribution < -0.4 is 10.6 Å². The highest BCUT2D eigenvalue weighted by Crippen LogP contribution is 2.39. The van der Waals surface area contributed by atoms with Crippen LogP contribution in [0.1, 0.15) is 18.2 Å². The first-order valence-corrected chi connectivity index (χ1v) is 9.98. The van der Waals surface area contributed by atoms with E-state index in [1.54, 1.807) is 30.6 Å². The van der Waals surface area contributed by atoms with Gasteiger partial charge in [0.15, 0.2) is 5.13 Å². The molecule has 2 aromatic heterocycles. The van der Waals surface area contributed by atoms with Crippen molar-refractivity contribution in [1.29, 1.82) is 0 Å². The standard InChI is InChI=1S/C19H20N6O3S/c1-11(10-28-2)21-19-23-15-7-6-12-9-20-18(24-16(12)17(15)29-19)22-13-4-3-5-14(8-13)25(26)27/h3-5,8-9,11H,6-7,10H2,1-2H3,(H,21,23)(H,20,22,24). The van der Waals surface area contributed by atoms with Crippen LogP contribution in [0.15, 0.2) is 30.5 Å². The molecule has 2 N–H and O–H groups in total. The van der Waals surface area contributed by atoms with Crippen molar-refractivity contribution in [2.24, 2.45) is 0 Å². The van der Waals surface area contributed by atoms with E-state index in [-0.39, 0.29) is 11.7 Å². The number of methoxy groups -OCH3 is 1. The van der Waals surface area contributed by atoms with Gasteiger partial charge in [-0.25, -0.2) is 15.0 Å². The highest BCUT2D eigenvalue weighted by molar-refractivity contribution is 7.19. The van der Waals surface area contributed by atoms with Gasteiger partial charge in [0.05, 0.1) is 27.8 Å². The van der Waals surface area contributed by atoms with E-state index in [1.807, 2.05) is 13.1 Å². The second-order valence-electron chi connectivity index (χ2n) is 6.80. The first-order chi connectivity index (χ1) is 14.0. The van der Waals surface area contributed by atoms with Crippen molar-refractivity contribution in [1.82, 2.24) is 15.0 Å². The molecule has 0 bridgehead atoms. The molecule has 150 valence electrons. The largest absolute Gasteiger partial charge is 0.383 e. The molecule has 0 amide bonds. The molecule has 0 spiro atoms. The van der Waals surface area contributed by atoms with Crippen molar-refractivity contribution < 1.29 is 9.66 Å². The van der Waals surface area contributed by atoms with E-state index in [9.17, 15) is 10.1 Å². The average molecular weight is 412 g/mol. The Hall–Kier alpha value is -3.11. The van der Waals surface area contributed by atoms with E-state index >= 15 is 0 Å². The average Bonchev–Trinajstić information content (AvgIpc) is 3.11. The van der Waals surface area contributed by atoms with Crippen molar-refractivity contribution in [2.75, 3.05) is 24.4 Å². The molecule has 0 aliphatic heterocycles. The van der Waals surface area contributed by atoms with E-state index in [4.69, 9.17) is 9.72 Å². The minimum atomic E-state index is -0.429. The third-order valence-corrected chi connectivity index (χ3v) is 5.54. The lowest BCUT2D eigenvalue weighted by atomic mass is 10.00. The molecule has 29 heavy (non-hydrogen) atoms. The van der Waals surface area contributed by atoms with Gasteiger partial charge in [-0.1, -0.05) is 17.4 Å². The molecule has 0 saturated heterocycles. The second kappa shape index (κ2) is 8.10. The first-order valence-electron chi connectivity index (χ1n) is 9.16. The number of hydrogen-bond donors (Lipinski definition) is 2. The van der Waals surface area contributed by atoms with Gasteiger partial charge in [-0.3, -0.25) is 10.1 Å². The summed E-state index contributed by atoms with van der Waals surface area (Å²) in [6.45, 7) is 2.64. The van der Waals surface area contributed by atoms with Gasteiger partial charge in [0.1, 0.15) is 0 Å². The van der Waals surface area contributed by atoms with Crippen LogP contribution in [0, 0.1) is 10.1 Å². The number of anilines is 3. The van der Waals surface area contributed by atoms with E-state index in [0.29, 0.717) is 18.2 Å². The maximum Gasteiger partial charge on any atom is 0.271 e. The maximum atomic E-state index is 11.0. The van der Waals surface area contributed by atoms with Gasteiger partial charge in [0, 0.05) is 37.2 Å². The topological polar surface area (TPSA) is 115 Å². The molecule has 2 heterocycles. The normalized spacial score (nSPS) is 13.3. The Morgan fingerprint density at radius 1 is 1.34 bits per heavy atom. The highest BCUT2D eigenvalue weighted by atomic mass is 32.1. The molecular formula is C19H20N6O3S. The summed E-state index contributed by atoms with van der Waals surface area (Å²) in [6.07, 6.45) is 3.49. The number of hydrogen-bond acceptors (Lipinski definition) is 9. The number of nitrogens with one attached hydrogen (secondary N) is 2. The number of nitro benzene ring substituents is 1. The van der Waals surface area contributed by atoms with Crippen LogP contribution in [0.3, 0.4) is 0 Å². The molecule has 3 aromatic rings. The van der Waals surface area contributed by atoms with Crippen molar-refractivity contribution in [3.8, 4) is 10.6 Å². The smallest absolute Gasteiger partial charge is 0.271 e. The van der Waals surface area contributed by atoms with Crippen LogP contribution in [0.5, 0.6) is 0 Å². The lowest BCUT2D eigenvalue weighted by Crippen LogP contribution is -2.20. The third-order valence-electron chi connectivity index (χ3n) is 4.51. The van der Waals surface area contributed by atoms with Crippen LogP contribution in [-0.4, -0.2) is 39.6 Å². The predicted octanol–water partition coefficient (Wildman–Crippen LogP) is 3.80. The number of nitro groups is 1. The summed E-state index contributed by atoms with van der Waals surface area (Å²) in [5, 5.41) is 18.3. The number of ether oxygens (including phenoxy) is 1. The molecular weight excluding hydrogens is 392 g/mol. The van der Waals surface area contributed by atoms with Gasteiger partial charge in [-0.15, -0.1) is 0 Å². The SMILES string of the molecule is COCC(C)Nc1nc2c(s1)-c1nc(Nc3cccc([N+](=O)[O-])c3)ncc1CC2. The van der Waals surface area contributed by atoms with E-state index in [2.05, 4.69) is 20.6 Å². The van der Waals surface area contributed by atoms with Gasteiger partial charge in [-0.2, -0.15) is 0 Å². The number of aromatic nitrogens is 3. The Morgan fingerprint density at radius 2 is 2.21 bits per heavy atom. The van der Waals surface area contributed by atoms with Gasteiger partial charge in [0.25, 0.3) is 5.69 Å². The minimum absolute atomic E-state index is 0.0126. The zero-order valence-corrected chi connectivity index (χ0v) is 16.8. The second-order valence-corrected chi connectivity index (χ2v) is 7.79. The molecule has 0 saturated carbocycles. The summed E-state index contributed by atoms with van der Waals surface area (Å²) >= 11 is 1.57. The Labute approximate surface area is 171 Å². The van der Waals surface area contributed by atoms with Crippen LogP contribution in [0.25, 0.3) is 10.6 Å². The van der Waals surface area contributed by atoms with E-state index in [1.165, 1.54) is 12.1 Å². The number of thiazole rings is 1. The fraction of sp³-hybridized carbons (Fsp3) is 0.316. The number of non-ortho nitro benzene ring substituents is 1. The van der Waals surface area contributed by atoms with Crippen molar-refractivity contribution >= 4 is 33.8 Å². The third kappa shape index (κ3) is 4.17. The molecule has 0 radical (unpaired) electrons. The molecule has 1 atom stereocenters. The van der Waals surface area contributed by atoms with Gasteiger partial charge in [-0.05, 0) is 31.4 Å². The predicted molar refractivity (Wildman–Crippen MR) is 112 cm³/mol. The highest BCUT2D eigenvalue weighted by Gasteiger charge is 2.23. The van der Waals surface area contributed by atoms with E-state index in [0.717, 1.165) is 39.8 Å². The summed E-state index contributed by atoms with van der Waals surface area (Å²) in [5.41, 5.74) is 3.53. The monoisotopic (exact) mass is 412 g/mol.